The molecule has 0 aliphatic heterocycles. The van der Waals surface area contributed by atoms with E-state index in [0.717, 1.165) is 0 Å². The van der Waals surface area contributed by atoms with Crippen LogP contribution >= 0.6 is 0 Å². The highest BCUT2D eigenvalue weighted by atomic mass is 16.3. The quantitative estimate of drug-likeness (QED) is 0.494. The van der Waals surface area contributed by atoms with E-state index in [1.165, 1.54) is 0 Å². The zero-order chi connectivity index (χ0) is 6.41. The summed E-state index contributed by atoms with van der Waals surface area (Å²) in [5.74, 6) is 2.42. The van der Waals surface area contributed by atoms with E-state index in [1.807, 2.05) is 0 Å². The molecule has 2 heteroatoms. The number of hydrogen-bond acceptors (Lipinski definition) is 2. The van der Waals surface area contributed by atoms with Crippen molar-refractivity contribution < 1.29 is 5.11 Å². The minimum Gasteiger partial charge on any atom is -0.392 e. The van der Waals surface area contributed by atoms with E-state index < -0.39 is 6.10 Å². The van der Waals surface area contributed by atoms with Crippen molar-refractivity contribution in [1.29, 1.82) is 0 Å². The standard InChI is InChI=1S/C6H11NO/c1-2-3-4-6(8)5-7/h1,6,8H,3-5,7H2/t6-/m0/s1. The summed E-state index contributed by atoms with van der Waals surface area (Å²) in [6, 6.07) is 0. The van der Waals surface area contributed by atoms with E-state index in [2.05, 4.69) is 5.92 Å². The zero-order valence-corrected chi connectivity index (χ0v) is 4.80. The summed E-state index contributed by atoms with van der Waals surface area (Å²) < 4.78 is 0. The minimum absolute atomic E-state index is 0.307. The Morgan fingerprint density at radius 3 is 2.75 bits per heavy atom. The van der Waals surface area contributed by atoms with Crippen molar-refractivity contribution in [2.45, 2.75) is 18.9 Å². The molecule has 0 rings (SSSR count). The topological polar surface area (TPSA) is 46.2 Å². The maximum atomic E-state index is 8.77. The summed E-state index contributed by atoms with van der Waals surface area (Å²) >= 11 is 0. The third-order valence-corrected chi connectivity index (χ3v) is 0.894. The predicted octanol–water partition coefficient (Wildman–Crippen LogP) is -0.281. The van der Waals surface area contributed by atoms with Crippen LogP contribution in [0.2, 0.25) is 0 Å². The molecule has 0 saturated carbocycles. The van der Waals surface area contributed by atoms with Gasteiger partial charge in [-0.15, -0.1) is 12.3 Å². The molecule has 0 fully saturated rings. The molecule has 0 saturated heterocycles. The summed E-state index contributed by atoms with van der Waals surface area (Å²) in [6.45, 7) is 0.307. The first-order chi connectivity index (χ1) is 3.81. The van der Waals surface area contributed by atoms with E-state index in [4.69, 9.17) is 17.3 Å². The first kappa shape index (κ1) is 7.48. The fourth-order valence-corrected chi connectivity index (χ4v) is 0.368. The summed E-state index contributed by atoms with van der Waals surface area (Å²) in [5.41, 5.74) is 5.09. The van der Waals surface area contributed by atoms with Gasteiger partial charge in [0.05, 0.1) is 6.10 Å². The molecule has 0 heterocycles. The number of aliphatic hydroxyl groups excluding tert-OH is 1. The van der Waals surface area contributed by atoms with Crippen LogP contribution in [0.15, 0.2) is 0 Å². The number of nitrogens with two attached hydrogens (primary N) is 1. The molecule has 0 aromatic rings. The number of hydrogen-bond donors (Lipinski definition) is 2. The lowest BCUT2D eigenvalue weighted by Crippen LogP contribution is -2.18. The van der Waals surface area contributed by atoms with Gasteiger partial charge in [0.2, 0.25) is 0 Å². The van der Waals surface area contributed by atoms with Crippen LogP contribution in [-0.4, -0.2) is 17.8 Å². The van der Waals surface area contributed by atoms with Crippen molar-refractivity contribution in [2.24, 2.45) is 5.73 Å². The molecule has 0 unspecified atom stereocenters. The highest BCUT2D eigenvalue weighted by Crippen LogP contribution is 1.91. The van der Waals surface area contributed by atoms with Crippen LogP contribution in [-0.2, 0) is 0 Å². The summed E-state index contributed by atoms with van der Waals surface area (Å²) in [6.07, 6.45) is 5.75. The second-order valence-electron chi connectivity index (χ2n) is 1.63. The van der Waals surface area contributed by atoms with Gasteiger partial charge in [-0.05, 0) is 6.42 Å². The van der Waals surface area contributed by atoms with Gasteiger partial charge < -0.3 is 10.8 Å². The van der Waals surface area contributed by atoms with Crippen molar-refractivity contribution in [1.82, 2.24) is 0 Å². The van der Waals surface area contributed by atoms with E-state index in [-0.39, 0.29) is 0 Å². The molecule has 2 nitrogen and oxygen atoms in total. The van der Waals surface area contributed by atoms with Gasteiger partial charge in [0.25, 0.3) is 0 Å². The first-order valence-electron chi connectivity index (χ1n) is 2.63. The maximum Gasteiger partial charge on any atom is 0.0671 e. The SMILES string of the molecule is C#CCC[C@H](O)CN. The lowest BCUT2D eigenvalue weighted by Gasteiger charge is -2.01. The van der Waals surface area contributed by atoms with Crippen LogP contribution in [0.4, 0.5) is 0 Å². The number of aliphatic hydroxyl groups is 1. The molecule has 0 radical (unpaired) electrons. The van der Waals surface area contributed by atoms with Gasteiger partial charge in [0, 0.05) is 13.0 Å². The maximum absolute atomic E-state index is 8.77. The fraction of sp³-hybridized carbons (Fsp3) is 0.667. The average Bonchev–Trinajstić information content (AvgIpc) is 1.83. The molecule has 0 bridgehead atoms. The van der Waals surface area contributed by atoms with Crippen LogP contribution < -0.4 is 5.73 Å². The van der Waals surface area contributed by atoms with Crippen LogP contribution in [0.5, 0.6) is 0 Å². The average molecular weight is 113 g/mol. The first-order valence-corrected chi connectivity index (χ1v) is 2.63. The Bertz CT molecular complexity index is 85.0. The van der Waals surface area contributed by atoms with Crippen LogP contribution in [0.1, 0.15) is 12.8 Å². The smallest absolute Gasteiger partial charge is 0.0671 e. The second kappa shape index (κ2) is 4.63. The van der Waals surface area contributed by atoms with Gasteiger partial charge >= 0.3 is 0 Å². The van der Waals surface area contributed by atoms with E-state index in [0.29, 0.717) is 19.4 Å². The van der Waals surface area contributed by atoms with E-state index in [9.17, 15) is 0 Å². The van der Waals surface area contributed by atoms with E-state index in [1.54, 1.807) is 0 Å². The lowest BCUT2D eigenvalue weighted by molar-refractivity contribution is 0.174. The second-order valence-corrected chi connectivity index (χ2v) is 1.63. The molecule has 46 valence electrons. The Balaban J connectivity index is 3.01. The van der Waals surface area contributed by atoms with E-state index >= 15 is 0 Å². The van der Waals surface area contributed by atoms with Crippen molar-refractivity contribution >= 4 is 0 Å². The van der Waals surface area contributed by atoms with Gasteiger partial charge in [0.1, 0.15) is 0 Å². The fourth-order valence-electron chi connectivity index (χ4n) is 0.368. The van der Waals surface area contributed by atoms with Crippen LogP contribution in [0, 0.1) is 12.3 Å². The Labute approximate surface area is 49.7 Å². The van der Waals surface area contributed by atoms with Gasteiger partial charge in [-0.1, -0.05) is 0 Å². The molecule has 3 N–H and O–H groups in total. The van der Waals surface area contributed by atoms with Gasteiger partial charge in [0.15, 0.2) is 0 Å². The number of rotatable bonds is 3. The molecule has 1 atom stereocenters. The van der Waals surface area contributed by atoms with Gasteiger partial charge in [-0.2, -0.15) is 0 Å². The molecule has 0 aromatic carbocycles. The third-order valence-electron chi connectivity index (χ3n) is 0.894. The van der Waals surface area contributed by atoms with Crippen molar-refractivity contribution in [2.75, 3.05) is 6.54 Å². The summed E-state index contributed by atoms with van der Waals surface area (Å²) in [4.78, 5) is 0. The van der Waals surface area contributed by atoms with Crippen molar-refractivity contribution in [3.63, 3.8) is 0 Å². The van der Waals surface area contributed by atoms with Crippen molar-refractivity contribution in [3.8, 4) is 12.3 Å². The van der Waals surface area contributed by atoms with Crippen LogP contribution in [0.3, 0.4) is 0 Å². The largest absolute Gasteiger partial charge is 0.392 e. The minimum atomic E-state index is -0.411. The Hall–Kier alpha value is -0.520. The monoisotopic (exact) mass is 113 g/mol. The zero-order valence-electron chi connectivity index (χ0n) is 4.80. The highest BCUT2D eigenvalue weighted by molar-refractivity contribution is 4.84. The normalized spacial score (nSPS) is 12.6. The molecule has 0 spiro atoms. The van der Waals surface area contributed by atoms with Crippen molar-refractivity contribution in [3.05, 3.63) is 0 Å². The molecule has 0 amide bonds. The summed E-state index contributed by atoms with van der Waals surface area (Å²) in [7, 11) is 0. The molecule has 0 aliphatic rings. The Morgan fingerprint density at radius 2 is 2.38 bits per heavy atom. The highest BCUT2D eigenvalue weighted by Gasteiger charge is 1.96. The van der Waals surface area contributed by atoms with Gasteiger partial charge in [-0.25, -0.2) is 0 Å². The predicted molar refractivity (Wildman–Crippen MR) is 33.1 cm³/mol. The number of terminal acetylenes is 1. The summed E-state index contributed by atoms with van der Waals surface area (Å²) in [5, 5.41) is 8.77. The Kier molecular flexibility index (Phi) is 4.33. The molecular formula is C6H11NO. The molecule has 0 aromatic heterocycles. The molecular weight excluding hydrogens is 102 g/mol. The third kappa shape index (κ3) is 3.66. The lowest BCUT2D eigenvalue weighted by atomic mass is 10.2. The van der Waals surface area contributed by atoms with Crippen LogP contribution in [0.25, 0.3) is 0 Å². The van der Waals surface area contributed by atoms with Gasteiger partial charge in [-0.3, -0.25) is 0 Å². The molecule has 0 aliphatic carbocycles. The molecule has 8 heavy (non-hydrogen) atoms. The Morgan fingerprint density at radius 1 is 1.75 bits per heavy atom.